The van der Waals surface area contributed by atoms with Crippen molar-refractivity contribution in [2.45, 2.75) is 26.2 Å². The summed E-state index contributed by atoms with van der Waals surface area (Å²) in [6.45, 7) is 4.40. The molecule has 102 valence electrons. The average Bonchev–Trinajstić information content (AvgIpc) is 2.94. The molecule has 0 radical (unpaired) electrons. The Kier molecular flexibility index (Phi) is 3.23. The van der Waals surface area contributed by atoms with Crippen LogP contribution in [0, 0.1) is 5.92 Å². The van der Waals surface area contributed by atoms with Gasteiger partial charge in [-0.05, 0) is 18.8 Å². The first-order valence-electron chi connectivity index (χ1n) is 6.95. The number of H-pyrrole nitrogens is 1. The minimum absolute atomic E-state index is 0.632. The molecule has 0 atom stereocenters. The predicted molar refractivity (Wildman–Crippen MR) is 76.5 cm³/mol. The molecule has 0 unspecified atom stereocenters. The molecule has 0 saturated carbocycles. The zero-order valence-corrected chi connectivity index (χ0v) is 11.5. The van der Waals surface area contributed by atoms with Crippen molar-refractivity contribution in [3.05, 3.63) is 6.33 Å². The summed E-state index contributed by atoms with van der Waals surface area (Å²) in [4.78, 5) is 18.7. The van der Waals surface area contributed by atoms with Gasteiger partial charge in [0, 0.05) is 20.1 Å². The van der Waals surface area contributed by atoms with Crippen LogP contribution in [0.25, 0.3) is 11.2 Å². The van der Waals surface area contributed by atoms with Crippen LogP contribution in [0.4, 0.5) is 11.8 Å². The van der Waals surface area contributed by atoms with Gasteiger partial charge in [0.1, 0.15) is 5.52 Å². The van der Waals surface area contributed by atoms with Gasteiger partial charge in [-0.25, -0.2) is 4.98 Å². The number of hydrogen-bond acceptors (Lipinski definition) is 5. The van der Waals surface area contributed by atoms with Crippen LogP contribution in [-0.2, 0) is 0 Å². The highest BCUT2D eigenvalue weighted by atomic mass is 15.2. The Morgan fingerprint density at radius 1 is 1.37 bits per heavy atom. The molecule has 2 aromatic heterocycles. The third-order valence-electron chi connectivity index (χ3n) is 3.98. The molecule has 1 fully saturated rings. The zero-order valence-electron chi connectivity index (χ0n) is 11.5. The number of aromatic amines is 1. The van der Waals surface area contributed by atoms with E-state index in [9.17, 15) is 0 Å². The molecule has 0 bridgehead atoms. The van der Waals surface area contributed by atoms with E-state index in [2.05, 4.69) is 37.1 Å². The van der Waals surface area contributed by atoms with Gasteiger partial charge in [0.2, 0.25) is 5.95 Å². The van der Waals surface area contributed by atoms with E-state index < -0.39 is 0 Å². The first kappa shape index (κ1) is 12.2. The summed E-state index contributed by atoms with van der Waals surface area (Å²) in [6, 6.07) is 0. The fraction of sp³-hybridized carbons (Fsp3) is 0.615. The number of aromatic nitrogens is 4. The van der Waals surface area contributed by atoms with E-state index in [0.717, 1.165) is 36.0 Å². The summed E-state index contributed by atoms with van der Waals surface area (Å²) >= 11 is 0. The maximum Gasteiger partial charge on any atom is 0.226 e. The Labute approximate surface area is 112 Å². The number of imidazole rings is 1. The van der Waals surface area contributed by atoms with Gasteiger partial charge in [0.25, 0.3) is 0 Å². The minimum Gasteiger partial charge on any atom is -0.357 e. The first-order chi connectivity index (χ1) is 9.31. The molecule has 3 heterocycles. The Morgan fingerprint density at radius 2 is 2.16 bits per heavy atom. The Morgan fingerprint density at radius 3 is 2.84 bits per heavy atom. The zero-order chi connectivity index (χ0) is 13.2. The van der Waals surface area contributed by atoms with Crippen LogP contribution in [0.3, 0.4) is 0 Å². The molecule has 1 aliphatic rings. The Balaban J connectivity index is 1.93. The van der Waals surface area contributed by atoms with Crippen LogP contribution in [0.15, 0.2) is 6.33 Å². The number of anilines is 2. The number of rotatable bonds is 3. The molecule has 6 heteroatoms. The second-order valence-electron chi connectivity index (χ2n) is 5.06. The molecular formula is C13H20N6. The highest BCUT2D eigenvalue weighted by molar-refractivity contribution is 5.84. The summed E-state index contributed by atoms with van der Waals surface area (Å²) in [5, 5.41) is 3.01. The smallest absolute Gasteiger partial charge is 0.226 e. The van der Waals surface area contributed by atoms with Crippen LogP contribution in [0.1, 0.15) is 26.2 Å². The quantitative estimate of drug-likeness (QED) is 0.883. The standard InChI is InChI=1S/C13H20N6/c1-3-9-4-6-19(7-5-9)12-10-11(16-8-15-10)17-13(14-2)18-12/h8-9H,3-7H2,1-2H3,(H2,14,15,16,17,18). The molecule has 6 nitrogen and oxygen atoms in total. The van der Waals surface area contributed by atoms with Crippen molar-refractivity contribution in [1.29, 1.82) is 0 Å². The van der Waals surface area contributed by atoms with Crippen molar-refractivity contribution in [2.75, 3.05) is 30.4 Å². The van der Waals surface area contributed by atoms with Crippen LogP contribution in [0.5, 0.6) is 0 Å². The second-order valence-corrected chi connectivity index (χ2v) is 5.06. The number of piperidine rings is 1. The van der Waals surface area contributed by atoms with Crippen LogP contribution < -0.4 is 10.2 Å². The molecule has 0 aliphatic carbocycles. The van der Waals surface area contributed by atoms with Crippen LogP contribution >= 0.6 is 0 Å². The molecule has 2 aromatic rings. The van der Waals surface area contributed by atoms with Gasteiger partial charge in [-0.3, -0.25) is 0 Å². The monoisotopic (exact) mass is 260 g/mol. The van der Waals surface area contributed by atoms with Crippen LogP contribution in [0.2, 0.25) is 0 Å². The van der Waals surface area contributed by atoms with Gasteiger partial charge in [0.15, 0.2) is 11.5 Å². The maximum absolute atomic E-state index is 4.60. The molecule has 0 spiro atoms. The van der Waals surface area contributed by atoms with Crippen molar-refractivity contribution in [3.63, 3.8) is 0 Å². The van der Waals surface area contributed by atoms with Crippen molar-refractivity contribution < 1.29 is 0 Å². The van der Waals surface area contributed by atoms with E-state index in [-0.39, 0.29) is 0 Å². The molecule has 3 rings (SSSR count). The lowest BCUT2D eigenvalue weighted by Crippen LogP contribution is -2.34. The SMILES string of the molecule is CCC1CCN(c2nc(NC)nc3nc[nH]c23)CC1. The van der Waals surface area contributed by atoms with Gasteiger partial charge >= 0.3 is 0 Å². The largest absolute Gasteiger partial charge is 0.357 e. The van der Waals surface area contributed by atoms with E-state index >= 15 is 0 Å². The number of nitrogens with one attached hydrogen (secondary N) is 2. The summed E-state index contributed by atoms with van der Waals surface area (Å²) in [5.41, 5.74) is 1.67. The number of fused-ring (bicyclic) bond motifs is 1. The lowest BCUT2D eigenvalue weighted by atomic mass is 9.94. The number of nitrogens with zero attached hydrogens (tertiary/aromatic N) is 4. The lowest BCUT2D eigenvalue weighted by molar-refractivity contribution is 0.394. The van der Waals surface area contributed by atoms with Crippen molar-refractivity contribution in [3.8, 4) is 0 Å². The van der Waals surface area contributed by atoms with Gasteiger partial charge in [-0.2, -0.15) is 9.97 Å². The Hall–Kier alpha value is -1.85. The van der Waals surface area contributed by atoms with E-state index in [1.165, 1.54) is 19.3 Å². The molecule has 0 aromatic carbocycles. The number of hydrogen-bond donors (Lipinski definition) is 2. The lowest BCUT2D eigenvalue weighted by Gasteiger charge is -2.32. The van der Waals surface area contributed by atoms with Gasteiger partial charge in [0.05, 0.1) is 6.33 Å². The minimum atomic E-state index is 0.632. The molecule has 0 amide bonds. The van der Waals surface area contributed by atoms with E-state index in [0.29, 0.717) is 5.95 Å². The third-order valence-corrected chi connectivity index (χ3v) is 3.98. The normalized spacial score (nSPS) is 17.1. The van der Waals surface area contributed by atoms with E-state index in [1.807, 2.05) is 7.05 Å². The van der Waals surface area contributed by atoms with Gasteiger partial charge < -0.3 is 15.2 Å². The Bertz CT molecular complexity index is 555. The maximum atomic E-state index is 4.60. The molecule has 1 saturated heterocycles. The predicted octanol–water partition coefficient (Wildman–Crippen LogP) is 2.02. The van der Waals surface area contributed by atoms with Crippen molar-refractivity contribution in [2.24, 2.45) is 5.92 Å². The van der Waals surface area contributed by atoms with Gasteiger partial charge in [-0.1, -0.05) is 13.3 Å². The fourth-order valence-electron chi connectivity index (χ4n) is 2.71. The van der Waals surface area contributed by atoms with Crippen LogP contribution in [-0.4, -0.2) is 40.1 Å². The summed E-state index contributed by atoms with van der Waals surface area (Å²) in [6.07, 6.45) is 5.44. The first-order valence-corrected chi connectivity index (χ1v) is 6.95. The topological polar surface area (TPSA) is 69.7 Å². The molecule has 2 N–H and O–H groups in total. The van der Waals surface area contributed by atoms with Gasteiger partial charge in [-0.15, -0.1) is 0 Å². The van der Waals surface area contributed by atoms with Crippen molar-refractivity contribution in [1.82, 2.24) is 19.9 Å². The van der Waals surface area contributed by atoms with E-state index in [4.69, 9.17) is 0 Å². The highest BCUT2D eigenvalue weighted by Gasteiger charge is 2.22. The fourth-order valence-corrected chi connectivity index (χ4v) is 2.71. The highest BCUT2D eigenvalue weighted by Crippen LogP contribution is 2.28. The third kappa shape index (κ3) is 2.22. The van der Waals surface area contributed by atoms with E-state index in [1.54, 1.807) is 6.33 Å². The molecular weight excluding hydrogens is 240 g/mol. The summed E-state index contributed by atoms with van der Waals surface area (Å²) in [7, 11) is 1.83. The second kappa shape index (κ2) is 5.03. The van der Waals surface area contributed by atoms with Crippen molar-refractivity contribution >= 4 is 22.9 Å². The summed E-state index contributed by atoms with van der Waals surface area (Å²) < 4.78 is 0. The molecule has 19 heavy (non-hydrogen) atoms. The molecule has 1 aliphatic heterocycles. The summed E-state index contributed by atoms with van der Waals surface area (Å²) in [5.74, 6) is 2.47. The average molecular weight is 260 g/mol.